The van der Waals surface area contributed by atoms with Gasteiger partial charge in [-0.05, 0) is 69.9 Å². The van der Waals surface area contributed by atoms with Gasteiger partial charge in [0.2, 0.25) is 5.91 Å². The number of phenolic OH excluding ortho intramolecular Hbond substituents is 1. The summed E-state index contributed by atoms with van der Waals surface area (Å²) in [6.45, 7) is 13.1. The van der Waals surface area contributed by atoms with Gasteiger partial charge in [0.25, 0.3) is 5.91 Å². The number of phenols is 1. The summed E-state index contributed by atoms with van der Waals surface area (Å²) in [4.78, 5) is 42.8. The van der Waals surface area contributed by atoms with Crippen LogP contribution in [-0.2, 0) is 14.3 Å². The normalized spacial score (nSPS) is 12.8. The number of alkyl carbamates (subject to hydrolysis) is 1. The molecule has 0 radical (unpaired) electrons. The molecule has 0 saturated carbocycles. The number of methoxy groups -OCH3 is 1. The van der Waals surface area contributed by atoms with Crippen molar-refractivity contribution in [1.82, 2.24) is 10.2 Å². The van der Waals surface area contributed by atoms with Crippen LogP contribution in [0.25, 0.3) is 0 Å². The molecule has 2 unspecified atom stereocenters. The van der Waals surface area contributed by atoms with Crippen LogP contribution < -0.4 is 15.4 Å². The lowest BCUT2D eigenvalue weighted by atomic mass is 9.96. The number of benzene rings is 2. The Balaban J connectivity index is 2.55. The minimum atomic E-state index is -1.16. The fraction of sp³-hybridized carbons (Fsp3) is 0.559. The van der Waals surface area contributed by atoms with Crippen LogP contribution in [0.5, 0.6) is 11.5 Å². The second-order valence-electron chi connectivity index (χ2n) is 12.3. The number of unbranched alkanes of at least 4 members (excludes halogenated alkanes) is 5. The molecule has 0 heterocycles. The minimum Gasteiger partial charge on any atom is -0.507 e. The van der Waals surface area contributed by atoms with Crippen molar-refractivity contribution in [3.05, 3.63) is 53.6 Å². The van der Waals surface area contributed by atoms with Crippen LogP contribution in [0.1, 0.15) is 97.2 Å². The van der Waals surface area contributed by atoms with E-state index in [0.29, 0.717) is 29.0 Å². The highest BCUT2D eigenvalue weighted by Crippen LogP contribution is 2.34. The van der Waals surface area contributed by atoms with Gasteiger partial charge in [-0.3, -0.25) is 9.59 Å². The van der Waals surface area contributed by atoms with Crippen molar-refractivity contribution < 1.29 is 29.0 Å². The quantitative estimate of drug-likeness (QED) is 0.188. The monoisotopic (exact) mass is 597 g/mol. The van der Waals surface area contributed by atoms with E-state index in [1.807, 2.05) is 13.8 Å². The number of aryl methyl sites for hydroxylation is 1. The molecule has 0 aromatic heterocycles. The van der Waals surface area contributed by atoms with E-state index in [0.717, 1.165) is 32.1 Å². The molecule has 0 bridgehead atoms. The molecule has 0 spiro atoms. The molecule has 43 heavy (non-hydrogen) atoms. The maximum Gasteiger partial charge on any atom is 0.408 e. The van der Waals surface area contributed by atoms with E-state index in [1.165, 1.54) is 4.90 Å². The van der Waals surface area contributed by atoms with Crippen LogP contribution in [0.2, 0.25) is 0 Å². The summed E-state index contributed by atoms with van der Waals surface area (Å²) in [6.07, 6.45) is 5.20. The van der Waals surface area contributed by atoms with Crippen molar-refractivity contribution in [3.63, 3.8) is 0 Å². The smallest absolute Gasteiger partial charge is 0.408 e. The molecular formula is C34H51N3O6. The van der Waals surface area contributed by atoms with Crippen molar-refractivity contribution >= 4 is 23.6 Å². The van der Waals surface area contributed by atoms with Crippen LogP contribution in [0, 0.1) is 12.8 Å². The second kappa shape index (κ2) is 16.8. The Morgan fingerprint density at radius 1 is 0.953 bits per heavy atom. The summed E-state index contributed by atoms with van der Waals surface area (Å²) in [6, 6.07) is 9.93. The van der Waals surface area contributed by atoms with E-state index in [1.54, 1.807) is 77.3 Å². The molecule has 3 N–H and O–H groups in total. The molecule has 2 rings (SSSR count). The van der Waals surface area contributed by atoms with Crippen molar-refractivity contribution in [2.75, 3.05) is 19.0 Å². The Labute approximate surface area is 257 Å². The average Bonchev–Trinajstić information content (AvgIpc) is 2.94. The van der Waals surface area contributed by atoms with Gasteiger partial charge in [0.15, 0.2) is 0 Å². The van der Waals surface area contributed by atoms with Gasteiger partial charge in [-0.25, -0.2) is 4.79 Å². The lowest BCUT2D eigenvalue weighted by Gasteiger charge is -2.36. The van der Waals surface area contributed by atoms with Crippen LogP contribution in [0.3, 0.4) is 0 Å². The van der Waals surface area contributed by atoms with Crippen LogP contribution in [-0.4, -0.2) is 53.2 Å². The van der Waals surface area contributed by atoms with Crippen molar-refractivity contribution in [3.8, 4) is 11.5 Å². The predicted octanol–water partition coefficient (Wildman–Crippen LogP) is 7.13. The number of aromatic hydroxyl groups is 1. The standard InChI is InChI=1S/C34H51N3O6/c1-9-10-11-12-13-14-22-37(32(40)28(23(2)3)36-33(41)43-34(5,6)7)29(27-17-15-16-24(4)30(27)38)31(39)35-25-18-20-26(42-8)21-19-25/h15-21,23,28-29,38H,9-14,22H2,1-8H3,(H,35,39)(H,36,41). The predicted molar refractivity (Wildman–Crippen MR) is 170 cm³/mol. The first-order chi connectivity index (χ1) is 20.3. The molecule has 9 nitrogen and oxygen atoms in total. The van der Waals surface area contributed by atoms with Gasteiger partial charge in [0.1, 0.15) is 29.2 Å². The first-order valence-electron chi connectivity index (χ1n) is 15.3. The number of carbonyl (C=O) groups excluding carboxylic acids is 3. The fourth-order valence-electron chi connectivity index (χ4n) is 4.79. The summed E-state index contributed by atoms with van der Waals surface area (Å²) < 4.78 is 10.7. The Bertz CT molecular complexity index is 1190. The van der Waals surface area contributed by atoms with Crippen molar-refractivity contribution in [1.29, 1.82) is 0 Å². The second-order valence-corrected chi connectivity index (χ2v) is 12.3. The van der Waals surface area contributed by atoms with Gasteiger partial charge in [-0.2, -0.15) is 0 Å². The van der Waals surface area contributed by atoms with Gasteiger partial charge in [-0.1, -0.05) is 71.1 Å². The summed E-state index contributed by atoms with van der Waals surface area (Å²) in [5, 5.41) is 16.8. The number of anilines is 1. The highest BCUT2D eigenvalue weighted by Gasteiger charge is 2.38. The fourth-order valence-corrected chi connectivity index (χ4v) is 4.79. The summed E-state index contributed by atoms with van der Waals surface area (Å²) >= 11 is 0. The maximum atomic E-state index is 14.4. The molecule has 0 saturated heterocycles. The number of amides is 3. The lowest BCUT2D eigenvalue weighted by molar-refractivity contribution is -0.141. The molecule has 2 aromatic carbocycles. The molecule has 3 amide bonds. The molecule has 2 atom stereocenters. The molecule has 0 aliphatic heterocycles. The third-order valence-electron chi connectivity index (χ3n) is 7.12. The van der Waals surface area contributed by atoms with Crippen molar-refractivity contribution in [2.45, 2.75) is 105 Å². The highest BCUT2D eigenvalue weighted by atomic mass is 16.6. The van der Waals surface area contributed by atoms with Gasteiger partial charge < -0.3 is 30.1 Å². The van der Waals surface area contributed by atoms with Gasteiger partial charge in [0, 0.05) is 17.8 Å². The van der Waals surface area contributed by atoms with Crippen LogP contribution in [0.4, 0.5) is 10.5 Å². The molecular weight excluding hydrogens is 546 g/mol. The minimum absolute atomic E-state index is 0.0562. The zero-order chi connectivity index (χ0) is 32.2. The highest BCUT2D eigenvalue weighted by molar-refractivity contribution is 5.99. The number of nitrogens with one attached hydrogen (secondary N) is 2. The van der Waals surface area contributed by atoms with Gasteiger partial charge in [-0.15, -0.1) is 0 Å². The number of hydrogen-bond acceptors (Lipinski definition) is 6. The number of hydrogen-bond donors (Lipinski definition) is 3. The number of nitrogens with zero attached hydrogens (tertiary/aromatic N) is 1. The number of para-hydroxylation sites is 1. The van der Waals surface area contributed by atoms with E-state index in [9.17, 15) is 19.5 Å². The zero-order valence-corrected chi connectivity index (χ0v) is 27.2. The third-order valence-corrected chi connectivity index (χ3v) is 7.12. The Kier molecular flexibility index (Phi) is 13.8. The Hall–Kier alpha value is -3.75. The number of ether oxygens (including phenoxy) is 2. The van der Waals surface area contributed by atoms with E-state index >= 15 is 0 Å². The first-order valence-corrected chi connectivity index (χ1v) is 15.3. The SMILES string of the molecule is CCCCCCCCN(C(=O)C(NC(=O)OC(C)(C)C)C(C)C)C(C(=O)Nc1ccc(OC)cc1)c1cccc(C)c1O. The molecule has 9 heteroatoms. The van der Waals surface area contributed by atoms with Crippen LogP contribution >= 0.6 is 0 Å². The number of carbonyl (C=O) groups is 3. The lowest BCUT2D eigenvalue weighted by Crippen LogP contribution is -2.54. The first kappa shape index (κ1) is 35.4. The van der Waals surface area contributed by atoms with E-state index in [4.69, 9.17) is 9.47 Å². The average molecular weight is 598 g/mol. The summed E-state index contributed by atoms with van der Waals surface area (Å²) in [7, 11) is 1.56. The van der Waals surface area contributed by atoms with E-state index in [2.05, 4.69) is 17.6 Å². The largest absolute Gasteiger partial charge is 0.507 e. The molecule has 0 fully saturated rings. The van der Waals surface area contributed by atoms with E-state index < -0.39 is 35.6 Å². The molecule has 0 aliphatic rings. The molecule has 2 aromatic rings. The number of rotatable bonds is 15. The summed E-state index contributed by atoms with van der Waals surface area (Å²) in [5.74, 6) is -0.628. The van der Waals surface area contributed by atoms with Gasteiger partial charge >= 0.3 is 6.09 Å². The topological polar surface area (TPSA) is 117 Å². The maximum absolute atomic E-state index is 14.4. The Morgan fingerprint density at radius 2 is 1.58 bits per heavy atom. The molecule has 238 valence electrons. The van der Waals surface area contributed by atoms with Crippen molar-refractivity contribution in [2.24, 2.45) is 5.92 Å². The summed E-state index contributed by atoms with van der Waals surface area (Å²) in [5.41, 5.74) is 0.660. The van der Waals surface area contributed by atoms with Crippen LogP contribution in [0.15, 0.2) is 42.5 Å². The van der Waals surface area contributed by atoms with Gasteiger partial charge in [0.05, 0.1) is 7.11 Å². The molecule has 0 aliphatic carbocycles. The zero-order valence-electron chi connectivity index (χ0n) is 27.2. The van der Waals surface area contributed by atoms with E-state index in [-0.39, 0.29) is 18.2 Å². The Morgan fingerprint density at radius 3 is 2.16 bits per heavy atom. The third kappa shape index (κ3) is 11.1.